The fraction of sp³-hybridized carbons (Fsp3) is 0.150. The molecular weight excluding hydrogens is 314 g/mol. The van der Waals surface area contributed by atoms with Gasteiger partial charge < -0.3 is 4.74 Å². The number of methoxy groups -OCH3 is 1. The van der Waals surface area contributed by atoms with Crippen molar-refractivity contribution in [3.05, 3.63) is 71.8 Å². The van der Waals surface area contributed by atoms with E-state index in [9.17, 15) is 4.79 Å². The monoisotopic (exact) mass is 333 g/mol. The molecule has 0 spiro atoms. The van der Waals surface area contributed by atoms with Crippen molar-refractivity contribution in [1.29, 1.82) is 0 Å². The van der Waals surface area contributed by atoms with E-state index in [1.165, 1.54) is 23.4 Å². The van der Waals surface area contributed by atoms with Crippen molar-refractivity contribution in [3.63, 3.8) is 0 Å². The number of nitrogens with zero attached hydrogens (tertiary/aromatic N) is 3. The van der Waals surface area contributed by atoms with E-state index in [4.69, 9.17) is 4.74 Å². The Morgan fingerprint density at radius 3 is 2.48 bits per heavy atom. The normalized spacial score (nSPS) is 11.0. The summed E-state index contributed by atoms with van der Waals surface area (Å²) >= 11 is 0. The first kappa shape index (κ1) is 16.6. The van der Waals surface area contributed by atoms with Crippen molar-refractivity contribution in [3.8, 4) is 17.4 Å². The van der Waals surface area contributed by atoms with E-state index in [1.54, 1.807) is 6.08 Å². The maximum Gasteiger partial charge on any atom is 0.336 e. The van der Waals surface area contributed by atoms with E-state index >= 15 is 0 Å². The number of allylic oxidation sites excluding steroid dienone is 1. The number of hydrogen-bond acceptors (Lipinski definition) is 4. The largest absolute Gasteiger partial charge is 0.466 e. The van der Waals surface area contributed by atoms with Crippen molar-refractivity contribution in [2.24, 2.45) is 0 Å². The van der Waals surface area contributed by atoms with Gasteiger partial charge in [0.25, 0.3) is 5.91 Å². The van der Waals surface area contributed by atoms with E-state index in [2.05, 4.69) is 17.0 Å². The van der Waals surface area contributed by atoms with E-state index < -0.39 is 0 Å². The summed E-state index contributed by atoms with van der Waals surface area (Å²) in [6, 6.07) is 17.7. The van der Waals surface area contributed by atoms with Crippen molar-refractivity contribution in [2.45, 2.75) is 13.3 Å². The summed E-state index contributed by atoms with van der Waals surface area (Å²) in [5.41, 5.74) is 2.98. The molecule has 0 atom stereocenters. The number of benzene rings is 2. The summed E-state index contributed by atoms with van der Waals surface area (Å²) in [6.07, 6.45) is 4.18. The second kappa shape index (κ2) is 7.57. The minimum Gasteiger partial charge on any atom is -0.466 e. The van der Waals surface area contributed by atoms with Gasteiger partial charge in [-0.05, 0) is 23.6 Å². The highest BCUT2D eigenvalue weighted by atomic mass is 16.5. The third-order valence-electron chi connectivity index (χ3n) is 3.82. The molecule has 0 bridgehead atoms. The van der Waals surface area contributed by atoms with Crippen LogP contribution < -0.4 is 4.74 Å². The highest BCUT2D eigenvalue weighted by Crippen LogP contribution is 2.21. The van der Waals surface area contributed by atoms with Crippen LogP contribution in [0.5, 0.6) is 6.01 Å². The van der Waals surface area contributed by atoms with Gasteiger partial charge >= 0.3 is 6.01 Å². The molecule has 0 saturated carbocycles. The molecule has 3 aromatic rings. The van der Waals surface area contributed by atoms with Crippen molar-refractivity contribution in [2.75, 3.05) is 7.11 Å². The molecule has 126 valence electrons. The summed E-state index contributed by atoms with van der Waals surface area (Å²) in [6.45, 7) is 2.10. The van der Waals surface area contributed by atoms with Gasteiger partial charge in [0.1, 0.15) is 0 Å². The zero-order valence-corrected chi connectivity index (χ0v) is 14.2. The van der Waals surface area contributed by atoms with Gasteiger partial charge in [-0.25, -0.2) is 0 Å². The topological polar surface area (TPSA) is 57.0 Å². The predicted octanol–water partition coefficient (Wildman–Crippen LogP) is 3.87. The number of aryl methyl sites for hydroxylation is 1. The smallest absolute Gasteiger partial charge is 0.336 e. The molecule has 25 heavy (non-hydrogen) atoms. The van der Waals surface area contributed by atoms with E-state index in [-0.39, 0.29) is 11.9 Å². The van der Waals surface area contributed by atoms with E-state index in [0.717, 1.165) is 17.5 Å². The summed E-state index contributed by atoms with van der Waals surface area (Å²) < 4.78 is 6.36. The van der Waals surface area contributed by atoms with Crippen LogP contribution in [0.3, 0.4) is 0 Å². The van der Waals surface area contributed by atoms with E-state index in [0.29, 0.717) is 5.82 Å². The molecular formula is C20H19N3O2. The lowest BCUT2D eigenvalue weighted by Gasteiger charge is -2.03. The van der Waals surface area contributed by atoms with Gasteiger partial charge in [0.15, 0.2) is 5.82 Å². The maximum absolute atomic E-state index is 12.6. The van der Waals surface area contributed by atoms with Crippen LogP contribution in [0.4, 0.5) is 0 Å². The molecule has 0 radical (unpaired) electrons. The van der Waals surface area contributed by atoms with E-state index in [1.807, 2.05) is 54.6 Å². The highest BCUT2D eigenvalue weighted by Gasteiger charge is 2.16. The van der Waals surface area contributed by atoms with Crippen LogP contribution >= 0.6 is 0 Å². The number of ether oxygens (including phenoxy) is 1. The predicted molar refractivity (Wildman–Crippen MR) is 97.5 cm³/mol. The van der Waals surface area contributed by atoms with Crippen LogP contribution in [-0.4, -0.2) is 27.8 Å². The van der Waals surface area contributed by atoms with Crippen LogP contribution in [0.2, 0.25) is 0 Å². The van der Waals surface area contributed by atoms with Crippen LogP contribution in [0.25, 0.3) is 17.5 Å². The Hall–Kier alpha value is -3.21. The van der Waals surface area contributed by atoms with Gasteiger partial charge in [0.05, 0.1) is 7.11 Å². The molecule has 0 saturated heterocycles. The lowest BCUT2D eigenvalue weighted by atomic mass is 10.1. The Balaban J connectivity index is 1.93. The zero-order chi connectivity index (χ0) is 17.6. The van der Waals surface area contributed by atoms with Gasteiger partial charge in [0.2, 0.25) is 0 Å². The zero-order valence-electron chi connectivity index (χ0n) is 14.2. The van der Waals surface area contributed by atoms with Crippen LogP contribution in [0.15, 0.2) is 60.7 Å². The number of aromatic nitrogens is 3. The Morgan fingerprint density at radius 2 is 1.84 bits per heavy atom. The molecule has 0 fully saturated rings. The summed E-state index contributed by atoms with van der Waals surface area (Å²) in [5, 5.41) is 4.14. The molecule has 3 rings (SSSR count). The molecule has 0 aliphatic rings. The lowest BCUT2D eigenvalue weighted by molar-refractivity contribution is 0.0955. The van der Waals surface area contributed by atoms with Crippen LogP contribution in [-0.2, 0) is 6.42 Å². The molecule has 5 nitrogen and oxygen atoms in total. The highest BCUT2D eigenvalue weighted by molar-refractivity contribution is 5.95. The third-order valence-corrected chi connectivity index (χ3v) is 3.82. The SMILES string of the molecule is CCc1ccc(-c2nc(OC)nn2C(=O)C=Cc2ccccc2)cc1. The molecule has 0 unspecified atom stereocenters. The van der Waals surface area contributed by atoms with Crippen molar-refractivity contribution < 1.29 is 9.53 Å². The van der Waals surface area contributed by atoms with Gasteiger partial charge in [-0.3, -0.25) is 4.79 Å². The second-order valence-corrected chi connectivity index (χ2v) is 5.47. The average Bonchev–Trinajstić information content (AvgIpc) is 3.11. The minimum absolute atomic E-state index is 0.163. The third kappa shape index (κ3) is 3.83. The summed E-state index contributed by atoms with van der Waals surface area (Å²) in [5.74, 6) is 0.177. The second-order valence-electron chi connectivity index (χ2n) is 5.47. The lowest BCUT2D eigenvalue weighted by Crippen LogP contribution is -2.11. The summed E-state index contributed by atoms with van der Waals surface area (Å²) in [4.78, 5) is 16.9. The number of hydrogen-bond donors (Lipinski definition) is 0. The fourth-order valence-corrected chi connectivity index (χ4v) is 2.41. The Labute approximate surface area is 146 Å². The molecule has 0 aliphatic carbocycles. The molecule has 0 aliphatic heterocycles. The molecule has 0 amide bonds. The Kier molecular flexibility index (Phi) is 5.04. The average molecular weight is 333 g/mol. The van der Waals surface area contributed by atoms with Gasteiger partial charge in [-0.1, -0.05) is 61.5 Å². The standard InChI is InChI=1S/C20H19N3O2/c1-3-15-9-12-17(13-10-15)19-21-20(25-2)22-23(19)18(24)14-11-16-7-5-4-6-8-16/h4-14H,3H2,1-2H3. The van der Waals surface area contributed by atoms with Crippen molar-refractivity contribution >= 4 is 12.0 Å². The van der Waals surface area contributed by atoms with Gasteiger partial charge in [0, 0.05) is 11.6 Å². The van der Waals surface area contributed by atoms with Crippen LogP contribution in [0, 0.1) is 0 Å². The van der Waals surface area contributed by atoms with Crippen molar-refractivity contribution in [1.82, 2.24) is 14.8 Å². The quantitative estimate of drug-likeness (QED) is 0.665. The molecule has 1 aromatic heterocycles. The minimum atomic E-state index is -0.283. The maximum atomic E-state index is 12.6. The number of carbonyl (C=O) groups excluding carboxylic acids is 1. The Bertz CT molecular complexity index is 881. The molecule has 1 heterocycles. The van der Waals surface area contributed by atoms with Gasteiger partial charge in [-0.2, -0.15) is 9.67 Å². The first-order valence-electron chi connectivity index (χ1n) is 8.09. The first-order valence-corrected chi connectivity index (χ1v) is 8.09. The first-order chi connectivity index (χ1) is 12.2. The number of rotatable bonds is 5. The molecule has 5 heteroatoms. The van der Waals surface area contributed by atoms with Gasteiger partial charge in [-0.15, -0.1) is 5.10 Å². The molecule has 0 N–H and O–H groups in total. The van der Waals surface area contributed by atoms with Crippen LogP contribution in [0.1, 0.15) is 22.8 Å². The fourth-order valence-electron chi connectivity index (χ4n) is 2.41. The Morgan fingerprint density at radius 1 is 1.12 bits per heavy atom. The molecule has 2 aromatic carbocycles. The summed E-state index contributed by atoms with van der Waals surface area (Å²) in [7, 11) is 1.48. The number of carbonyl (C=O) groups is 1.